The van der Waals surface area contributed by atoms with E-state index in [0.29, 0.717) is 17.1 Å². The van der Waals surface area contributed by atoms with Crippen molar-refractivity contribution in [3.8, 4) is 10.6 Å². The van der Waals surface area contributed by atoms with Gasteiger partial charge < -0.3 is 0 Å². The van der Waals surface area contributed by atoms with Crippen molar-refractivity contribution in [3.63, 3.8) is 0 Å². The van der Waals surface area contributed by atoms with E-state index < -0.39 is 10.0 Å². The van der Waals surface area contributed by atoms with E-state index in [1.807, 2.05) is 17.5 Å². The first-order valence-electron chi connectivity index (χ1n) is 8.75. The van der Waals surface area contributed by atoms with Crippen LogP contribution in [0, 0.1) is 0 Å². The second-order valence-corrected chi connectivity index (χ2v) is 8.98. The number of thiophene rings is 1. The number of sulfonamides is 1. The molecule has 1 aliphatic heterocycles. The second-order valence-electron chi connectivity index (χ2n) is 6.27. The molecule has 4 rings (SSSR count). The van der Waals surface area contributed by atoms with Crippen LogP contribution in [0.25, 0.3) is 10.6 Å². The predicted octanol–water partition coefficient (Wildman–Crippen LogP) is 2.34. The molecule has 1 N–H and O–H groups in total. The Morgan fingerprint density at radius 2 is 1.69 bits per heavy atom. The maximum atomic E-state index is 12.7. The van der Waals surface area contributed by atoms with Crippen LogP contribution in [-0.2, 0) is 26.2 Å². The van der Waals surface area contributed by atoms with Crippen molar-refractivity contribution in [3.05, 3.63) is 59.9 Å². The molecule has 1 aromatic carbocycles. The summed E-state index contributed by atoms with van der Waals surface area (Å²) in [7, 11) is -3.81. The van der Waals surface area contributed by atoms with E-state index in [4.69, 9.17) is 0 Å². The molecule has 0 saturated carbocycles. The first-order chi connectivity index (χ1) is 14.0. The number of carbonyl (C=O) groups is 2. The highest BCUT2D eigenvalue weighted by atomic mass is 32.2. The highest BCUT2D eigenvalue weighted by Crippen LogP contribution is 2.26. The summed E-state index contributed by atoms with van der Waals surface area (Å²) in [5, 5.41) is 1.91. The maximum Gasteiger partial charge on any atom is 0.240 e. The van der Waals surface area contributed by atoms with Crippen molar-refractivity contribution in [1.29, 1.82) is 0 Å². The zero-order valence-electron chi connectivity index (χ0n) is 15.1. The number of anilines is 1. The third kappa shape index (κ3) is 3.95. The van der Waals surface area contributed by atoms with E-state index in [-0.39, 0.29) is 36.1 Å². The summed E-state index contributed by atoms with van der Waals surface area (Å²) in [6.45, 7) is -0.0196. The van der Waals surface area contributed by atoms with Gasteiger partial charge in [-0.2, -0.15) is 0 Å². The van der Waals surface area contributed by atoms with Crippen molar-refractivity contribution < 1.29 is 18.0 Å². The highest BCUT2D eigenvalue weighted by molar-refractivity contribution is 7.89. The number of amides is 2. The Morgan fingerprint density at radius 3 is 2.34 bits per heavy atom. The highest BCUT2D eigenvalue weighted by Gasteiger charge is 2.30. The summed E-state index contributed by atoms with van der Waals surface area (Å²) in [6.07, 6.45) is 3.42. The van der Waals surface area contributed by atoms with Gasteiger partial charge >= 0.3 is 0 Å². The van der Waals surface area contributed by atoms with E-state index in [1.54, 1.807) is 6.20 Å². The number of hydrogen-bond donors (Lipinski definition) is 1. The average molecular weight is 428 g/mol. The van der Waals surface area contributed by atoms with Crippen LogP contribution in [0.1, 0.15) is 18.5 Å². The van der Waals surface area contributed by atoms with Crippen molar-refractivity contribution in [2.75, 3.05) is 4.90 Å². The van der Waals surface area contributed by atoms with Gasteiger partial charge in [-0.05, 0) is 35.7 Å². The number of benzene rings is 1. The summed E-state index contributed by atoms with van der Waals surface area (Å²) in [5.74, 6) is -0.569. The molecule has 1 saturated heterocycles. The van der Waals surface area contributed by atoms with Crippen LogP contribution >= 0.6 is 11.3 Å². The minimum absolute atomic E-state index is 0.0196. The minimum Gasteiger partial charge on any atom is -0.274 e. The van der Waals surface area contributed by atoms with Gasteiger partial charge in [0.2, 0.25) is 21.8 Å². The molecule has 0 aliphatic carbocycles. The number of carbonyl (C=O) groups excluding carboxylic acids is 2. The van der Waals surface area contributed by atoms with Crippen LogP contribution in [0.3, 0.4) is 0 Å². The Bertz CT molecular complexity index is 1140. The van der Waals surface area contributed by atoms with Crippen LogP contribution in [0.15, 0.2) is 59.1 Å². The fraction of sp³-hybridized carbons (Fsp3) is 0.158. The fourth-order valence-corrected chi connectivity index (χ4v) is 4.73. The zero-order valence-corrected chi connectivity index (χ0v) is 16.7. The fourth-order valence-electron chi connectivity index (χ4n) is 3.00. The first kappa shape index (κ1) is 19.4. The van der Waals surface area contributed by atoms with Gasteiger partial charge in [0, 0.05) is 25.2 Å². The van der Waals surface area contributed by atoms with Crippen molar-refractivity contribution in [2.45, 2.75) is 24.3 Å². The molecule has 0 bridgehead atoms. The lowest BCUT2D eigenvalue weighted by Crippen LogP contribution is -2.28. The summed E-state index contributed by atoms with van der Waals surface area (Å²) < 4.78 is 27.8. The molecule has 1 fully saturated rings. The molecular weight excluding hydrogens is 412 g/mol. The molecule has 10 heteroatoms. The van der Waals surface area contributed by atoms with Crippen molar-refractivity contribution in [2.24, 2.45) is 0 Å². The topological polar surface area (TPSA) is 109 Å². The molecule has 1 aliphatic rings. The Labute approximate surface area is 171 Å². The van der Waals surface area contributed by atoms with Gasteiger partial charge in [0.15, 0.2) is 0 Å². The van der Waals surface area contributed by atoms with Gasteiger partial charge in [0.1, 0.15) is 5.69 Å². The summed E-state index contributed by atoms with van der Waals surface area (Å²) >= 11 is 1.49. The monoisotopic (exact) mass is 428 g/mol. The normalized spacial score (nSPS) is 14.6. The van der Waals surface area contributed by atoms with E-state index in [0.717, 1.165) is 9.78 Å². The Morgan fingerprint density at radius 1 is 1.00 bits per heavy atom. The molecule has 0 radical (unpaired) electrons. The van der Waals surface area contributed by atoms with Crippen LogP contribution in [0.4, 0.5) is 5.69 Å². The molecule has 0 atom stereocenters. The standard InChI is InChI=1S/C19H16N4O4S2/c24-17-7-8-18(25)23(17)13-3-5-14(6-4-13)29(26,27)22-12-15-19(21-10-9-20-15)16-2-1-11-28-16/h1-6,9-11,22H,7-8,12H2. The third-order valence-electron chi connectivity index (χ3n) is 4.41. The number of hydrogen-bond acceptors (Lipinski definition) is 7. The lowest BCUT2D eigenvalue weighted by atomic mass is 10.2. The summed E-state index contributed by atoms with van der Waals surface area (Å²) in [5.41, 5.74) is 1.51. The number of aromatic nitrogens is 2. The van der Waals surface area contributed by atoms with Gasteiger partial charge in [-0.15, -0.1) is 11.3 Å². The van der Waals surface area contributed by atoms with Crippen molar-refractivity contribution in [1.82, 2.24) is 14.7 Å². The zero-order chi connectivity index (χ0) is 20.4. The largest absolute Gasteiger partial charge is 0.274 e. The van der Waals surface area contributed by atoms with Crippen LogP contribution in [0.5, 0.6) is 0 Å². The molecule has 0 unspecified atom stereocenters. The van der Waals surface area contributed by atoms with E-state index in [9.17, 15) is 18.0 Å². The van der Waals surface area contributed by atoms with Crippen LogP contribution in [-0.4, -0.2) is 30.2 Å². The maximum absolute atomic E-state index is 12.7. The molecule has 0 spiro atoms. The third-order valence-corrected chi connectivity index (χ3v) is 6.71. The van der Waals surface area contributed by atoms with E-state index in [2.05, 4.69) is 14.7 Å². The molecule has 8 nitrogen and oxygen atoms in total. The number of rotatable bonds is 6. The number of nitrogens with zero attached hydrogens (tertiary/aromatic N) is 3. The first-order valence-corrected chi connectivity index (χ1v) is 11.1. The molecule has 2 aromatic heterocycles. The summed E-state index contributed by atoms with van der Waals surface area (Å²) in [4.78, 5) is 34.2. The molecule has 29 heavy (non-hydrogen) atoms. The Kier molecular flexibility index (Phi) is 5.22. The predicted molar refractivity (Wildman–Crippen MR) is 108 cm³/mol. The number of imide groups is 1. The Hall–Kier alpha value is -2.95. The number of nitrogens with one attached hydrogen (secondary N) is 1. The lowest BCUT2D eigenvalue weighted by Gasteiger charge is -2.14. The van der Waals surface area contributed by atoms with Gasteiger partial charge in [-0.1, -0.05) is 6.07 Å². The molecule has 3 aromatic rings. The molecule has 2 amide bonds. The summed E-state index contributed by atoms with van der Waals surface area (Å²) in [6, 6.07) is 9.43. The van der Waals surface area contributed by atoms with Gasteiger partial charge in [-0.3, -0.25) is 24.5 Å². The SMILES string of the molecule is O=C1CCC(=O)N1c1ccc(S(=O)(=O)NCc2nccnc2-c2cccs2)cc1. The van der Waals surface area contributed by atoms with Crippen LogP contribution < -0.4 is 9.62 Å². The molecular formula is C19H16N4O4S2. The quantitative estimate of drug-likeness (QED) is 0.604. The van der Waals surface area contributed by atoms with Crippen LogP contribution in [0.2, 0.25) is 0 Å². The minimum atomic E-state index is -3.81. The van der Waals surface area contributed by atoms with Crippen molar-refractivity contribution >= 4 is 38.9 Å². The smallest absolute Gasteiger partial charge is 0.240 e. The van der Waals surface area contributed by atoms with Gasteiger partial charge in [0.05, 0.1) is 27.7 Å². The average Bonchev–Trinajstić information content (AvgIpc) is 3.37. The van der Waals surface area contributed by atoms with Gasteiger partial charge in [-0.25, -0.2) is 13.1 Å². The Balaban J connectivity index is 1.52. The molecule has 3 heterocycles. The van der Waals surface area contributed by atoms with Gasteiger partial charge in [0.25, 0.3) is 0 Å². The molecule has 148 valence electrons. The lowest BCUT2D eigenvalue weighted by molar-refractivity contribution is -0.121. The van der Waals surface area contributed by atoms with E-state index >= 15 is 0 Å². The van der Waals surface area contributed by atoms with E-state index in [1.165, 1.54) is 41.8 Å². The second kappa shape index (κ2) is 7.82.